The predicted molar refractivity (Wildman–Crippen MR) is 67.5 cm³/mol. The molecule has 0 radical (unpaired) electrons. The number of nitrogens with zero attached hydrogens (tertiary/aromatic N) is 1. The number of carbonyl (C=O) groups excluding carboxylic acids is 1. The van der Waals surface area contributed by atoms with Gasteiger partial charge in [0.25, 0.3) is 5.91 Å². The van der Waals surface area contributed by atoms with Crippen LogP contribution in [0, 0.1) is 5.92 Å². The van der Waals surface area contributed by atoms with E-state index in [4.69, 9.17) is 15.0 Å². The van der Waals surface area contributed by atoms with E-state index in [9.17, 15) is 4.79 Å². The summed E-state index contributed by atoms with van der Waals surface area (Å²) >= 11 is 0. The highest BCUT2D eigenvalue weighted by Crippen LogP contribution is 2.31. The number of nitrogens with one attached hydrogen (secondary N) is 1. The quantitative estimate of drug-likeness (QED) is 0.798. The van der Waals surface area contributed by atoms with E-state index in [-0.39, 0.29) is 30.0 Å². The summed E-state index contributed by atoms with van der Waals surface area (Å²) in [6.45, 7) is 0.790. The van der Waals surface area contributed by atoms with Crippen molar-refractivity contribution >= 4 is 18.3 Å². The fourth-order valence-corrected chi connectivity index (χ4v) is 1.62. The van der Waals surface area contributed by atoms with E-state index in [1.807, 2.05) is 0 Å². The molecule has 1 heterocycles. The van der Waals surface area contributed by atoms with Gasteiger partial charge in [-0.2, -0.15) is 0 Å². The third-order valence-electron chi connectivity index (χ3n) is 2.80. The normalized spacial score (nSPS) is 15.9. The number of methoxy groups -OCH3 is 1. The Labute approximate surface area is 112 Å². The maximum Gasteiger partial charge on any atom is 0.273 e. The number of rotatable bonds is 6. The van der Waals surface area contributed by atoms with E-state index in [0.29, 0.717) is 24.8 Å². The summed E-state index contributed by atoms with van der Waals surface area (Å²) < 4.78 is 9.80. The fraction of sp³-hybridized carbons (Fsp3) is 0.636. The Morgan fingerprint density at radius 1 is 1.72 bits per heavy atom. The van der Waals surface area contributed by atoms with Crippen LogP contribution in [0.2, 0.25) is 0 Å². The molecule has 1 aromatic heterocycles. The van der Waals surface area contributed by atoms with Crippen LogP contribution in [0.3, 0.4) is 0 Å². The van der Waals surface area contributed by atoms with Gasteiger partial charge in [0.1, 0.15) is 6.61 Å². The zero-order valence-corrected chi connectivity index (χ0v) is 11.0. The monoisotopic (exact) mass is 275 g/mol. The zero-order chi connectivity index (χ0) is 12.3. The molecule has 0 aliphatic heterocycles. The number of nitrogens with two attached hydrogens (primary N) is 1. The predicted octanol–water partition coefficient (Wildman–Crippen LogP) is 0.710. The van der Waals surface area contributed by atoms with Crippen LogP contribution in [-0.4, -0.2) is 30.8 Å². The number of ether oxygens (including phenoxy) is 1. The summed E-state index contributed by atoms with van der Waals surface area (Å²) in [4.78, 5) is 11.7. The molecule has 1 saturated carbocycles. The molecule has 0 saturated heterocycles. The highest BCUT2D eigenvalue weighted by Gasteiger charge is 2.28. The summed E-state index contributed by atoms with van der Waals surface area (Å²) in [5.41, 5.74) is 6.14. The molecule has 1 aliphatic carbocycles. The summed E-state index contributed by atoms with van der Waals surface area (Å²) in [6.07, 6.45) is 2.33. The van der Waals surface area contributed by atoms with Crippen molar-refractivity contribution in [1.82, 2.24) is 10.5 Å². The number of aromatic nitrogens is 1. The molecular weight excluding hydrogens is 258 g/mol. The van der Waals surface area contributed by atoms with Gasteiger partial charge in [-0.25, -0.2) is 0 Å². The van der Waals surface area contributed by atoms with Crippen molar-refractivity contribution in [2.24, 2.45) is 11.7 Å². The maximum atomic E-state index is 11.7. The van der Waals surface area contributed by atoms with E-state index < -0.39 is 0 Å². The number of halogens is 1. The Balaban J connectivity index is 0.00000162. The standard InChI is InChI=1S/C11H17N3O3.ClH/c1-16-6-8-4-10(14-17-8)11(15)13-5-9(12)7-2-3-7;/h4,7,9H,2-3,5-6,12H2,1H3,(H,13,15);1H. The molecule has 1 aromatic rings. The highest BCUT2D eigenvalue weighted by molar-refractivity contribution is 5.92. The molecule has 18 heavy (non-hydrogen) atoms. The van der Waals surface area contributed by atoms with E-state index in [0.717, 1.165) is 0 Å². The van der Waals surface area contributed by atoms with Crippen LogP contribution in [0.15, 0.2) is 10.6 Å². The average Bonchev–Trinajstić information content (AvgIpc) is 3.07. The molecule has 0 bridgehead atoms. The van der Waals surface area contributed by atoms with Crippen LogP contribution in [0.5, 0.6) is 0 Å². The van der Waals surface area contributed by atoms with Gasteiger partial charge in [-0.3, -0.25) is 4.79 Å². The second kappa shape index (κ2) is 6.72. The summed E-state index contributed by atoms with van der Waals surface area (Å²) in [5, 5.41) is 6.41. The molecule has 0 aromatic carbocycles. The summed E-state index contributed by atoms with van der Waals surface area (Å²) in [6, 6.07) is 1.62. The SMILES string of the molecule is COCc1cc(C(=O)NCC(N)C2CC2)no1.Cl. The molecule has 1 amide bonds. The third kappa shape index (κ3) is 3.97. The average molecular weight is 276 g/mol. The van der Waals surface area contributed by atoms with Gasteiger partial charge in [0.15, 0.2) is 11.5 Å². The van der Waals surface area contributed by atoms with Crippen LogP contribution in [0.4, 0.5) is 0 Å². The van der Waals surface area contributed by atoms with Gasteiger partial charge in [0.2, 0.25) is 0 Å². The second-order valence-corrected chi connectivity index (χ2v) is 4.32. The molecule has 0 spiro atoms. The Hall–Kier alpha value is -1.11. The van der Waals surface area contributed by atoms with Gasteiger partial charge in [-0.05, 0) is 18.8 Å². The van der Waals surface area contributed by atoms with Crippen molar-refractivity contribution in [3.8, 4) is 0 Å². The van der Waals surface area contributed by atoms with Crippen LogP contribution in [0.25, 0.3) is 0 Å². The minimum Gasteiger partial charge on any atom is -0.377 e. The van der Waals surface area contributed by atoms with Gasteiger partial charge in [-0.15, -0.1) is 12.4 Å². The van der Waals surface area contributed by atoms with Crippen LogP contribution < -0.4 is 11.1 Å². The fourth-order valence-electron chi connectivity index (χ4n) is 1.62. The summed E-state index contributed by atoms with van der Waals surface area (Å²) in [7, 11) is 1.55. The molecule has 7 heteroatoms. The Kier molecular flexibility index (Phi) is 5.58. The topological polar surface area (TPSA) is 90.4 Å². The van der Waals surface area contributed by atoms with Crippen molar-refractivity contribution in [3.05, 3.63) is 17.5 Å². The lowest BCUT2D eigenvalue weighted by Gasteiger charge is -2.09. The minimum absolute atomic E-state index is 0. The molecule has 2 rings (SSSR count). The van der Waals surface area contributed by atoms with E-state index in [1.54, 1.807) is 13.2 Å². The Bertz CT molecular complexity index is 393. The van der Waals surface area contributed by atoms with Crippen molar-refractivity contribution in [3.63, 3.8) is 0 Å². The lowest BCUT2D eigenvalue weighted by molar-refractivity contribution is 0.0940. The van der Waals surface area contributed by atoms with Gasteiger partial charge in [0, 0.05) is 25.8 Å². The van der Waals surface area contributed by atoms with E-state index >= 15 is 0 Å². The highest BCUT2D eigenvalue weighted by atomic mass is 35.5. The molecule has 1 aliphatic rings. The molecule has 1 unspecified atom stereocenters. The first-order valence-electron chi connectivity index (χ1n) is 5.69. The number of hydrogen-bond donors (Lipinski definition) is 2. The van der Waals surface area contributed by atoms with Crippen molar-refractivity contribution < 1.29 is 14.1 Å². The van der Waals surface area contributed by atoms with Crippen LogP contribution in [-0.2, 0) is 11.3 Å². The van der Waals surface area contributed by atoms with Crippen molar-refractivity contribution in [2.45, 2.75) is 25.5 Å². The Morgan fingerprint density at radius 3 is 3.06 bits per heavy atom. The molecule has 102 valence electrons. The molecule has 3 N–H and O–H groups in total. The lowest BCUT2D eigenvalue weighted by atomic mass is 10.2. The Morgan fingerprint density at radius 2 is 2.44 bits per heavy atom. The maximum absolute atomic E-state index is 11.7. The first-order chi connectivity index (χ1) is 8.20. The minimum atomic E-state index is -0.257. The number of amides is 1. The van der Waals surface area contributed by atoms with Gasteiger partial charge in [0.05, 0.1) is 0 Å². The first-order valence-corrected chi connectivity index (χ1v) is 5.69. The smallest absolute Gasteiger partial charge is 0.273 e. The first kappa shape index (κ1) is 14.9. The van der Waals surface area contributed by atoms with Crippen LogP contribution in [0.1, 0.15) is 29.1 Å². The van der Waals surface area contributed by atoms with Gasteiger partial charge < -0.3 is 20.3 Å². The van der Waals surface area contributed by atoms with Crippen LogP contribution >= 0.6 is 12.4 Å². The van der Waals surface area contributed by atoms with Crippen molar-refractivity contribution in [1.29, 1.82) is 0 Å². The molecule has 1 fully saturated rings. The van der Waals surface area contributed by atoms with E-state index in [2.05, 4.69) is 10.5 Å². The van der Waals surface area contributed by atoms with E-state index in [1.165, 1.54) is 12.8 Å². The third-order valence-corrected chi connectivity index (χ3v) is 2.80. The zero-order valence-electron chi connectivity index (χ0n) is 10.2. The molecule has 1 atom stereocenters. The second-order valence-electron chi connectivity index (χ2n) is 4.32. The lowest BCUT2D eigenvalue weighted by Crippen LogP contribution is -2.38. The molecule has 6 nitrogen and oxygen atoms in total. The number of carbonyl (C=O) groups is 1. The summed E-state index contributed by atoms with van der Waals surface area (Å²) in [5.74, 6) is 0.841. The van der Waals surface area contributed by atoms with Gasteiger partial charge >= 0.3 is 0 Å². The number of hydrogen-bond acceptors (Lipinski definition) is 5. The molecular formula is C11H18ClN3O3. The van der Waals surface area contributed by atoms with Crippen molar-refractivity contribution in [2.75, 3.05) is 13.7 Å². The van der Waals surface area contributed by atoms with Gasteiger partial charge in [-0.1, -0.05) is 5.16 Å². The largest absolute Gasteiger partial charge is 0.377 e.